The van der Waals surface area contributed by atoms with Gasteiger partial charge in [-0.15, -0.1) is 0 Å². The largest absolute Gasteiger partial charge is 0.475 e. The molecular formula is C15H19NO7S. The van der Waals surface area contributed by atoms with Crippen molar-refractivity contribution in [1.82, 2.24) is 0 Å². The van der Waals surface area contributed by atoms with Crippen LogP contribution < -0.4 is 4.74 Å². The van der Waals surface area contributed by atoms with E-state index in [1.54, 1.807) is 0 Å². The van der Waals surface area contributed by atoms with Crippen molar-refractivity contribution in [2.24, 2.45) is 0 Å². The third kappa shape index (κ3) is 4.92. The summed E-state index contributed by atoms with van der Waals surface area (Å²) in [5.41, 5.74) is -0.511. The first-order chi connectivity index (χ1) is 11.3. The fraction of sp³-hybridized carbons (Fsp3) is 0.533. The smallest absolute Gasteiger partial charge is 0.344 e. The molecule has 0 bridgehead atoms. The maximum Gasteiger partial charge on any atom is 0.344 e. The summed E-state index contributed by atoms with van der Waals surface area (Å²) in [4.78, 5) is 21.9. The van der Waals surface area contributed by atoms with Gasteiger partial charge in [-0.05, 0) is 37.8 Å². The highest BCUT2D eigenvalue weighted by Crippen LogP contribution is 2.30. The SMILES string of the molecule is CS(=O)(=O)c1ccc(OCC(=O)OC2CCCCC2)c([N+](=O)[O-])c1. The molecule has 24 heavy (non-hydrogen) atoms. The van der Waals surface area contributed by atoms with Gasteiger partial charge in [-0.2, -0.15) is 0 Å². The molecule has 1 saturated carbocycles. The average Bonchev–Trinajstić information content (AvgIpc) is 2.52. The maximum atomic E-state index is 11.8. The van der Waals surface area contributed by atoms with E-state index in [1.807, 2.05) is 0 Å². The Morgan fingerprint density at radius 3 is 2.54 bits per heavy atom. The summed E-state index contributed by atoms with van der Waals surface area (Å²) in [5.74, 6) is -0.767. The van der Waals surface area contributed by atoms with Gasteiger partial charge in [0.25, 0.3) is 0 Å². The quantitative estimate of drug-likeness (QED) is 0.436. The van der Waals surface area contributed by atoms with Gasteiger partial charge in [0.05, 0.1) is 9.82 Å². The number of hydrogen-bond donors (Lipinski definition) is 0. The molecule has 0 saturated heterocycles. The zero-order chi connectivity index (χ0) is 17.7. The maximum absolute atomic E-state index is 11.8. The molecule has 0 unspecified atom stereocenters. The lowest BCUT2D eigenvalue weighted by atomic mass is 9.98. The minimum Gasteiger partial charge on any atom is -0.475 e. The second-order valence-electron chi connectivity index (χ2n) is 5.70. The van der Waals surface area contributed by atoms with Crippen LogP contribution >= 0.6 is 0 Å². The zero-order valence-electron chi connectivity index (χ0n) is 13.3. The number of nitro benzene ring substituents is 1. The van der Waals surface area contributed by atoms with Crippen LogP contribution in [0.1, 0.15) is 32.1 Å². The highest BCUT2D eigenvalue weighted by molar-refractivity contribution is 7.90. The summed E-state index contributed by atoms with van der Waals surface area (Å²) in [6, 6.07) is 3.28. The van der Waals surface area contributed by atoms with Gasteiger partial charge in [0, 0.05) is 12.3 Å². The van der Waals surface area contributed by atoms with E-state index in [2.05, 4.69) is 0 Å². The van der Waals surface area contributed by atoms with Gasteiger partial charge in [0.15, 0.2) is 22.2 Å². The molecule has 0 atom stereocenters. The Balaban J connectivity index is 2.03. The Kier molecular flexibility index (Phi) is 5.76. The summed E-state index contributed by atoms with van der Waals surface area (Å²) in [6.07, 6.45) is 5.60. The molecule has 2 rings (SSSR count). The van der Waals surface area contributed by atoms with Gasteiger partial charge < -0.3 is 9.47 Å². The summed E-state index contributed by atoms with van der Waals surface area (Å²) in [6.45, 7) is -0.463. The van der Waals surface area contributed by atoms with Crippen LogP contribution in [0.5, 0.6) is 5.75 Å². The highest BCUT2D eigenvalue weighted by Gasteiger charge is 2.22. The fourth-order valence-electron chi connectivity index (χ4n) is 2.53. The average molecular weight is 357 g/mol. The second-order valence-corrected chi connectivity index (χ2v) is 7.71. The van der Waals surface area contributed by atoms with Crippen LogP contribution in [0.3, 0.4) is 0 Å². The number of esters is 1. The summed E-state index contributed by atoms with van der Waals surface area (Å²) in [5, 5.41) is 11.1. The molecule has 9 heteroatoms. The van der Waals surface area contributed by atoms with Crippen LogP contribution in [0.4, 0.5) is 5.69 Å². The number of nitrogens with zero attached hydrogens (tertiary/aromatic N) is 1. The Hall–Kier alpha value is -2.16. The minimum atomic E-state index is -3.58. The van der Waals surface area contributed by atoms with Gasteiger partial charge >= 0.3 is 11.7 Å². The van der Waals surface area contributed by atoms with E-state index in [4.69, 9.17) is 9.47 Å². The first kappa shape index (κ1) is 18.2. The Bertz CT molecular complexity index is 723. The molecular weight excluding hydrogens is 338 g/mol. The third-order valence-corrected chi connectivity index (χ3v) is 4.86. The molecule has 0 aromatic heterocycles. The molecule has 1 fully saturated rings. The number of nitro groups is 1. The van der Waals surface area contributed by atoms with Crippen molar-refractivity contribution in [2.45, 2.75) is 43.1 Å². The molecule has 1 aliphatic rings. The van der Waals surface area contributed by atoms with Crippen molar-refractivity contribution in [3.63, 3.8) is 0 Å². The molecule has 1 aromatic rings. The molecule has 1 aromatic carbocycles. The Labute approximate surface area is 139 Å². The van der Waals surface area contributed by atoms with E-state index < -0.39 is 33.0 Å². The van der Waals surface area contributed by atoms with Crippen molar-refractivity contribution in [3.8, 4) is 5.75 Å². The van der Waals surface area contributed by atoms with E-state index in [-0.39, 0.29) is 16.7 Å². The number of sulfone groups is 1. The van der Waals surface area contributed by atoms with E-state index in [0.717, 1.165) is 44.4 Å². The number of carbonyl (C=O) groups excluding carboxylic acids is 1. The van der Waals surface area contributed by atoms with E-state index in [0.29, 0.717) is 0 Å². The van der Waals surface area contributed by atoms with Gasteiger partial charge in [-0.3, -0.25) is 10.1 Å². The van der Waals surface area contributed by atoms with Crippen molar-refractivity contribution < 1.29 is 27.6 Å². The lowest BCUT2D eigenvalue weighted by Gasteiger charge is -2.21. The number of benzene rings is 1. The molecule has 0 heterocycles. The van der Waals surface area contributed by atoms with Crippen LogP contribution in [0.25, 0.3) is 0 Å². The molecule has 132 valence electrons. The van der Waals surface area contributed by atoms with E-state index >= 15 is 0 Å². The number of carbonyl (C=O) groups is 1. The van der Waals surface area contributed by atoms with Gasteiger partial charge in [0.2, 0.25) is 0 Å². The summed E-state index contributed by atoms with van der Waals surface area (Å²) in [7, 11) is -3.58. The summed E-state index contributed by atoms with van der Waals surface area (Å²) >= 11 is 0. The predicted molar refractivity (Wildman–Crippen MR) is 84.7 cm³/mol. The molecule has 0 amide bonds. The number of ether oxygens (including phenoxy) is 2. The van der Waals surface area contributed by atoms with Crippen LogP contribution in [-0.4, -0.2) is 38.3 Å². The lowest BCUT2D eigenvalue weighted by Crippen LogP contribution is -2.24. The van der Waals surface area contributed by atoms with E-state index in [9.17, 15) is 23.3 Å². The first-order valence-electron chi connectivity index (χ1n) is 7.58. The molecule has 8 nitrogen and oxygen atoms in total. The second kappa shape index (κ2) is 7.61. The first-order valence-corrected chi connectivity index (χ1v) is 9.47. The van der Waals surface area contributed by atoms with Crippen molar-refractivity contribution >= 4 is 21.5 Å². The van der Waals surface area contributed by atoms with Gasteiger partial charge in [0.1, 0.15) is 6.10 Å². The number of rotatable bonds is 6. The van der Waals surface area contributed by atoms with Crippen molar-refractivity contribution in [2.75, 3.05) is 12.9 Å². The normalized spacial score (nSPS) is 15.7. The molecule has 1 aliphatic carbocycles. The minimum absolute atomic E-state index is 0.127. The monoisotopic (exact) mass is 357 g/mol. The fourth-order valence-corrected chi connectivity index (χ4v) is 3.17. The lowest BCUT2D eigenvalue weighted by molar-refractivity contribution is -0.386. The van der Waals surface area contributed by atoms with E-state index in [1.165, 1.54) is 12.1 Å². The summed E-state index contributed by atoms with van der Waals surface area (Å²) < 4.78 is 33.4. The molecule has 0 aliphatic heterocycles. The van der Waals surface area contributed by atoms with Crippen molar-refractivity contribution in [3.05, 3.63) is 28.3 Å². The van der Waals surface area contributed by atoms with Gasteiger partial charge in [-0.1, -0.05) is 6.42 Å². The van der Waals surface area contributed by atoms with Crippen LogP contribution in [-0.2, 0) is 19.4 Å². The number of hydrogen-bond acceptors (Lipinski definition) is 7. The Morgan fingerprint density at radius 1 is 1.29 bits per heavy atom. The third-order valence-electron chi connectivity index (χ3n) is 3.75. The molecule has 0 N–H and O–H groups in total. The molecule has 0 radical (unpaired) electrons. The Morgan fingerprint density at radius 2 is 1.96 bits per heavy atom. The van der Waals surface area contributed by atoms with Crippen LogP contribution in [0.15, 0.2) is 23.1 Å². The van der Waals surface area contributed by atoms with Crippen LogP contribution in [0.2, 0.25) is 0 Å². The van der Waals surface area contributed by atoms with Crippen molar-refractivity contribution in [1.29, 1.82) is 0 Å². The standard InChI is InChI=1S/C15H19NO7S/c1-24(20,21)12-7-8-14(13(9-12)16(18)19)22-10-15(17)23-11-5-3-2-4-6-11/h7-9,11H,2-6,10H2,1H3. The topological polar surface area (TPSA) is 113 Å². The predicted octanol–water partition coefficient (Wildman–Crippen LogP) is 2.25. The highest BCUT2D eigenvalue weighted by atomic mass is 32.2. The zero-order valence-corrected chi connectivity index (χ0v) is 14.1. The molecule has 0 spiro atoms. The van der Waals surface area contributed by atoms with Gasteiger partial charge in [-0.25, -0.2) is 13.2 Å². The van der Waals surface area contributed by atoms with Crippen LogP contribution in [0, 0.1) is 10.1 Å².